The lowest BCUT2D eigenvalue weighted by atomic mass is 9.82. The number of amides is 1. The van der Waals surface area contributed by atoms with Gasteiger partial charge in [-0.15, -0.1) is 0 Å². The van der Waals surface area contributed by atoms with E-state index in [4.69, 9.17) is 0 Å². The second-order valence-electron chi connectivity index (χ2n) is 7.35. The number of nitrogens with one attached hydrogen (secondary N) is 2. The molecule has 0 bridgehead atoms. The van der Waals surface area contributed by atoms with E-state index in [0.29, 0.717) is 6.42 Å². The lowest BCUT2D eigenvalue weighted by Crippen LogP contribution is -2.40. The van der Waals surface area contributed by atoms with Crippen molar-refractivity contribution >= 4 is 15.9 Å². The first-order valence-electron chi connectivity index (χ1n) is 9.45. The maximum absolute atomic E-state index is 13.4. The number of hydrogen-bond acceptors (Lipinski definition) is 5. The van der Waals surface area contributed by atoms with E-state index in [1.54, 1.807) is 19.2 Å². The van der Waals surface area contributed by atoms with Crippen LogP contribution in [0.1, 0.15) is 30.7 Å². The molecule has 1 aromatic heterocycles. The molecule has 2 aromatic rings. The normalized spacial score (nSPS) is 19.0. The second-order valence-corrected chi connectivity index (χ2v) is 9.43. The number of benzene rings is 1. The molecule has 1 aliphatic heterocycles. The zero-order valence-corrected chi connectivity index (χ0v) is 16.9. The Labute approximate surface area is 169 Å². The fraction of sp³-hybridized carbons (Fsp3) is 0.474. The molecule has 2 unspecified atom stereocenters. The summed E-state index contributed by atoms with van der Waals surface area (Å²) in [4.78, 5) is 15.1. The van der Waals surface area contributed by atoms with Crippen LogP contribution in [-0.2, 0) is 16.9 Å². The third-order valence-electron chi connectivity index (χ3n) is 5.34. The quantitative estimate of drug-likeness (QED) is 0.598. The number of carboxylic acid groups (broad SMARTS) is 1. The summed E-state index contributed by atoms with van der Waals surface area (Å²) in [5, 5.41) is 13.1. The number of halogens is 1. The highest BCUT2D eigenvalue weighted by Gasteiger charge is 2.33. The first-order valence-corrected chi connectivity index (χ1v) is 11.0. The minimum atomic E-state index is -3.98. The number of carbonyl (C=O) groups is 1. The van der Waals surface area contributed by atoms with Crippen molar-refractivity contribution in [3.05, 3.63) is 48.2 Å². The molecule has 0 aliphatic carbocycles. The van der Waals surface area contributed by atoms with E-state index >= 15 is 0 Å². The fourth-order valence-corrected chi connectivity index (χ4v) is 5.36. The summed E-state index contributed by atoms with van der Waals surface area (Å²) in [6, 6.07) is 6.21. The SMILES string of the molecule is Cn1cnc(S(=O)(=O)C(CCC(c2ccc(F)cc2)[C@@H]2CCNC2)NC(=O)O)c1. The molecule has 1 amide bonds. The summed E-state index contributed by atoms with van der Waals surface area (Å²) >= 11 is 0. The smallest absolute Gasteiger partial charge is 0.405 e. The summed E-state index contributed by atoms with van der Waals surface area (Å²) in [6.07, 6.45) is 2.75. The molecule has 8 nitrogen and oxygen atoms in total. The van der Waals surface area contributed by atoms with Crippen LogP contribution in [0.25, 0.3) is 0 Å². The molecule has 0 saturated carbocycles. The van der Waals surface area contributed by atoms with Crippen molar-refractivity contribution in [3.8, 4) is 0 Å². The molecular formula is C19H25FN4O4S. The van der Waals surface area contributed by atoms with E-state index in [1.165, 1.54) is 29.2 Å². The molecule has 3 N–H and O–H groups in total. The van der Waals surface area contributed by atoms with Crippen LogP contribution in [0.5, 0.6) is 0 Å². The summed E-state index contributed by atoms with van der Waals surface area (Å²) in [5.41, 5.74) is 0.921. The van der Waals surface area contributed by atoms with Gasteiger partial charge in [0.15, 0.2) is 5.03 Å². The number of nitrogens with zero attached hydrogens (tertiary/aromatic N) is 2. The Bertz CT molecular complexity index is 939. The summed E-state index contributed by atoms with van der Waals surface area (Å²) < 4.78 is 40.7. The van der Waals surface area contributed by atoms with Crippen LogP contribution >= 0.6 is 0 Å². The Morgan fingerprint density at radius 1 is 1.38 bits per heavy atom. The van der Waals surface area contributed by atoms with Gasteiger partial charge in [0, 0.05) is 13.2 Å². The Morgan fingerprint density at radius 3 is 2.66 bits per heavy atom. The Morgan fingerprint density at radius 2 is 2.10 bits per heavy atom. The van der Waals surface area contributed by atoms with Crippen molar-refractivity contribution < 1.29 is 22.7 Å². The number of aromatic nitrogens is 2. The molecule has 1 aliphatic rings. The van der Waals surface area contributed by atoms with Gasteiger partial charge >= 0.3 is 6.09 Å². The van der Waals surface area contributed by atoms with Gasteiger partial charge in [-0.05, 0) is 61.9 Å². The Balaban J connectivity index is 1.83. The van der Waals surface area contributed by atoms with Crippen LogP contribution < -0.4 is 10.6 Å². The molecule has 2 heterocycles. The average Bonchev–Trinajstić information content (AvgIpc) is 3.34. The minimum Gasteiger partial charge on any atom is -0.465 e. The topological polar surface area (TPSA) is 113 Å². The number of sulfone groups is 1. The lowest BCUT2D eigenvalue weighted by molar-refractivity contribution is 0.192. The lowest BCUT2D eigenvalue weighted by Gasteiger charge is -2.26. The molecule has 0 radical (unpaired) electrons. The van der Waals surface area contributed by atoms with Gasteiger partial charge in [0.1, 0.15) is 11.2 Å². The number of imidazole rings is 1. The van der Waals surface area contributed by atoms with Crippen molar-refractivity contribution in [3.63, 3.8) is 0 Å². The second kappa shape index (κ2) is 8.91. The average molecular weight is 424 g/mol. The van der Waals surface area contributed by atoms with Crippen LogP contribution in [0, 0.1) is 11.7 Å². The van der Waals surface area contributed by atoms with Crippen LogP contribution in [0.2, 0.25) is 0 Å². The van der Waals surface area contributed by atoms with Crippen molar-refractivity contribution in [1.29, 1.82) is 0 Å². The Kier molecular flexibility index (Phi) is 6.53. The Hall–Kier alpha value is -2.46. The molecule has 158 valence electrons. The number of hydrogen-bond donors (Lipinski definition) is 3. The van der Waals surface area contributed by atoms with Crippen LogP contribution in [0.4, 0.5) is 9.18 Å². The van der Waals surface area contributed by atoms with E-state index in [9.17, 15) is 22.7 Å². The first-order chi connectivity index (χ1) is 13.8. The third kappa shape index (κ3) is 5.13. The predicted molar refractivity (Wildman–Crippen MR) is 105 cm³/mol. The van der Waals surface area contributed by atoms with Gasteiger partial charge in [0.2, 0.25) is 9.84 Å². The highest BCUT2D eigenvalue weighted by Crippen LogP contribution is 2.34. The molecule has 29 heavy (non-hydrogen) atoms. The van der Waals surface area contributed by atoms with E-state index in [1.807, 2.05) is 0 Å². The first kappa shape index (κ1) is 21.3. The summed E-state index contributed by atoms with van der Waals surface area (Å²) in [6.45, 7) is 1.65. The molecule has 1 saturated heterocycles. The van der Waals surface area contributed by atoms with Crippen molar-refractivity contribution in [2.45, 2.75) is 35.6 Å². The van der Waals surface area contributed by atoms with Gasteiger partial charge in [-0.1, -0.05) is 12.1 Å². The minimum absolute atomic E-state index is 0.0115. The molecule has 1 fully saturated rings. The van der Waals surface area contributed by atoms with E-state index in [2.05, 4.69) is 15.6 Å². The largest absolute Gasteiger partial charge is 0.465 e. The van der Waals surface area contributed by atoms with Gasteiger partial charge in [-0.3, -0.25) is 0 Å². The molecule has 3 atom stereocenters. The fourth-order valence-electron chi connectivity index (χ4n) is 3.86. The summed E-state index contributed by atoms with van der Waals surface area (Å²) in [7, 11) is -2.34. The van der Waals surface area contributed by atoms with Gasteiger partial charge in [0.25, 0.3) is 0 Å². The third-order valence-corrected chi connectivity index (χ3v) is 7.23. The maximum Gasteiger partial charge on any atom is 0.405 e. The highest BCUT2D eigenvalue weighted by atomic mass is 32.2. The van der Waals surface area contributed by atoms with Gasteiger partial charge in [-0.25, -0.2) is 22.6 Å². The molecule has 3 rings (SSSR count). The van der Waals surface area contributed by atoms with Crippen LogP contribution in [-0.4, -0.2) is 47.6 Å². The van der Waals surface area contributed by atoms with E-state index in [0.717, 1.165) is 25.1 Å². The van der Waals surface area contributed by atoms with Gasteiger partial charge in [-0.2, -0.15) is 0 Å². The van der Waals surface area contributed by atoms with Crippen molar-refractivity contribution in [2.24, 2.45) is 13.0 Å². The number of aryl methyl sites for hydroxylation is 1. The van der Waals surface area contributed by atoms with Crippen molar-refractivity contribution in [2.75, 3.05) is 13.1 Å². The maximum atomic E-state index is 13.4. The molecule has 10 heteroatoms. The zero-order valence-electron chi connectivity index (χ0n) is 16.1. The van der Waals surface area contributed by atoms with E-state index in [-0.39, 0.29) is 29.1 Å². The van der Waals surface area contributed by atoms with Crippen molar-refractivity contribution in [1.82, 2.24) is 20.2 Å². The summed E-state index contributed by atoms with van der Waals surface area (Å²) in [5.74, 6) is -0.0775. The predicted octanol–water partition coefficient (Wildman–Crippen LogP) is 2.10. The zero-order chi connectivity index (χ0) is 21.0. The highest BCUT2D eigenvalue weighted by molar-refractivity contribution is 7.92. The van der Waals surface area contributed by atoms with Gasteiger partial charge < -0.3 is 20.3 Å². The van der Waals surface area contributed by atoms with Crippen LogP contribution in [0.3, 0.4) is 0 Å². The number of rotatable bonds is 8. The van der Waals surface area contributed by atoms with Crippen LogP contribution in [0.15, 0.2) is 41.8 Å². The van der Waals surface area contributed by atoms with Gasteiger partial charge in [0.05, 0.1) is 6.33 Å². The molecular weight excluding hydrogens is 399 g/mol. The standard InChI is InChI=1S/C19H25FN4O4S/c1-24-11-18(22-12-24)29(27,28)17(23-19(25)26)7-6-16(14-8-9-21-10-14)13-2-4-15(20)5-3-13/h2-5,11-12,14,16-17,21,23H,6-10H2,1H3,(H,25,26)/t14-,16?,17?/m1/s1. The monoisotopic (exact) mass is 424 g/mol. The van der Waals surface area contributed by atoms with E-state index < -0.39 is 21.3 Å². The molecule has 0 spiro atoms. The molecule has 1 aromatic carbocycles.